The third-order valence-corrected chi connectivity index (χ3v) is 3.89. The summed E-state index contributed by atoms with van der Waals surface area (Å²) < 4.78 is 0. The number of nitrogens with one attached hydrogen (secondary N) is 1. The van der Waals surface area contributed by atoms with E-state index in [9.17, 15) is 4.79 Å². The lowest BCUT2D eigenvalue weighted by molar-refractivity contribution is 0.256. The molecular weight excluding hydrogens is 274 g/mol. The maximum absolute atomic E-state index is 12.6. The summed E-state index contributed by atoms with van der Waals surface area (Å²) in [6.45, 7) is 1.66. The topological polar surface area (TPSA) is 35.6 Å². The molecule has 0 saturated heterocycles. The van der Waals surface area contributed by atoms with Crippen LogP contribution in [0.5, 0.6) is 0 Å². The first kappa shape index (κ1) is 14.6. The largest absolute Gasteiger partial charge is 0.326 e. The highest BCUT2D eigenvalue weighted by Gasteiger charge is 2.24. The zero-order valence-corrected chi connectivity index (χ0v) is 13.0. The summed E-state index contributed by atoms with van der Waals surface area (Å²) >= 11 is 0. The minimum atomic E-state index is -0.0591. The van der Waals surface area contributed by atoms with Crippen molar-refractivity contribution in [2.24, 2.45) is 0 Å². The molecule has 0 atom stereocenters. The summed E-state index contributed by atoms with van der Waals surface area (Å²) in [5, 5.41) is 3.03. The monoisotopic (exact) mass is 295 g/mol. The van der Waals surface area contributed by atoms with Crippen LogP contribution in [0.3, 0.4) is 0 Å². The third-order valence-electron chi connectivity index (χ3n) is 3.89. The normalized spacial score (nSPS) is 13.4. The molecule has 0 saturated carbocycles. The molecule has 0 fully saturated rings. The van der Waals surface area contributed by atoms with Crippen LogP contribution in [0.25, 0.3) is 11.1 Å². The van der Waals surface area contributed by atoms with E-state index in [2.05, 4.69) is 22.3 Å². The quantitative estimate of drug-likeness (QED) is 0.934. The van der Waals surface area contributed by atoms with Crippen molar-refractivity contribution in [2.75, 3.05) is 37.4 Å². The summed E-state index contributed by atoms with van der Waals surface area (Å²) in [6, 6.07) is 16.0. The van der Waals surface area contributed by atoms with Gasteiger partial charge in [-0.3, -0.25) is 4.90 Å². The highest BCUT2D eigenvalue weighted by molar-refractivity contribution is 6.09. The lowest BCUT2D eigenvalue weighted by Gasteiger charge is -2.23. The number of hydrogen-bond donors (Lipinski definition) is 1. The number of carbonyl (C=O) groups is 1. The Bertz CT molecular complexity index is 682. The van der Waals surface area contributed by atoms with Gasteiger partial charge in [-0.25, -0.2) is 4.79 Å². The predicted molar refractivity (Wildman–Crippen MR) is 91.4 cm³/mol. The summed E-state index contributed by atoms with van der Waals surface area (Å²) in [6.07, 6.45) is 0.936. The minimum absolute atomic E-state index is 0.0591. The van der Waals surface area contributed by atoms with Gasteiger partial charge in [-0.15, -0.1) is 0 Å². The Hall–Kier alpha value is -2.33. The molecule has 1 N–H and O–H groups in total. The fourth-order valence-corrected chi connectivity index (χ4v) is 2.82. The van der Waals surface area contributed by atoms with E-state index >= 15 is 0 Å². The Labute approximate surface area is 131 Å². The van der Waals surface area contributed by atoms with Crippen LogP contribution in [-0.2, 0) is 0 Å². The van der Waals surface area contributed by atoms with E-state index in [1.165, 1.54) is 0 Å². The first-order valence-corrected chi connectivity index (χ1v) is 7.58. The highest BCUT2D eigenvalue weighted by atomic mass is 16.2. The van der Waals surface area contributed by atoms with Gasteiger partial charge in [-0.05, 0) is 39.2 Å². The van der Waals surface area contributed by atoms with Crippen molar-refractivity contribution in [1.29, 1.82) is 0 Å². The number of rotatable bonds is 4. The van der Waals surface area contributed by atoms with E-state index in [1.54, 1.807) is 0 Å². The fraction of sp³-hybridized carbons (Fsp3) is 0.278. The summed E-state index contributed by atoms with van der Waals surface area (Å²) in [5.74, 6) is 0. The van der Waals surface area contributed by atoms with Gasteiger partial charge in [-0.2, -0.15) is 0 Å². The zero-order chi connectivity index (χ0) is 15.5. The van der Waals surface area contributed by atoms with Gasteiger partial charge in [-0.1, -0.05) is 36.4 Å². The number of carbonyl (C=O) groups excluding carboxylic acids is 1. The van der Waals surface area contributed by atoms with Crippen molar-refractivity contribution in [3.05, 3.63) is 48.5 Å². The van der Waals surface area contributed by atoms with Crippen LogP contribution in [0.4, 0.5) is 16.2 Å². The molecule has 4 nitrogen and oxygen atoms in total. The number of amides is 2. The molecule has 0 spiro atoms. The van der Waals surface area contributed by atoms with Crippen LogP contribution in [0.1, 0.15) is 6.42 Å². The summed E-state index contributed by atoms with van der Waals surface area (Å²) in [4.78, 5) is 16.6. The second-order valence-corrected chi connectivity index (χ2v) is 5.80. The lowest BCUT2D eigenvalue weighted by Crippen LogP contribution is -2.36. The number of fused-ring (bicyclic) bond motifs is 3. The fourth-order valence-electron chi connectivity index (χ4n) is 2.82. The van der Waals surface area contributed by atoms with Crippen LogP contribution < -0.4 is 10.2 Å². The summed E-state index contributed by atoms with van der Waals surface area (Å²) in [7, 11) is 4.10. The Morgan fingerprint density at radius 2 is 1.68 bits per heavy atom. The molecule has 22 heavy (non-hydrogen) atoms. The number of para-hydroxylation sites is 2. The maximum Gasteiger partial charge on any atom is 0.326 e. The lowest BCUT2D eigenvalue weighted by atomic mass is 10.0. The molecule has 4 heteroatoms. The van der Waals surface area contributed by atoms with Crippen molar-refractivity contribution < 1.29 is 4.79 Å². The molecule has 0 radical (unpaired) electrons. The number of anilines is 2. The first-order valence-electron chi connectivity index (χ1n) is 7.58. The van der Waals surface area contributed by atoms with Crippen molar-refractivity contribution >= 4 is 17.4 Å². The second-order valence-electron chi connectivity index (χ2n) is 5.80. The van der Waals surface area contributed by atoms with E-state index in [0.717, 1.165) is 35.5 Å². The molecular formula is C18H21N3O. The van der Waals surface area contributed by atoms with Gasteiger partial charge in [0.15, 0.2) is 0 Å². The average molecular weight is 295 g/mol. The smallest absolute Gasteiger partial charge is 0.309 e. The number of urea groups is 1. The summed E-state index contributed by atoms with van der Waals surface area (Å²) in [5.41, 5.74) is 4.02. The highest BCUT2D eigenvalue weighted by Crippen LogP contribution is 2.38. The van der Waals surface area contributed by atoms with E-state index < -0.39 is 0 Å². The maximum atomic E-state index is 12.6. The molecule has 0 aromatic heterocycles. The van der Waals surface area contributed by atoms with Crippen LogP contribution in [-0.4, -0.2) is 38.1 Å². The van der Waals surface area contributed by atoms with Gasteiger partial charge < -0.3 is 10.2 Å². The molecule has 0 aliphatic carbocycles. The Balaban J connectivity index is 1.98. The molecule has 1 heterocycles. The average Bonchev–Trinajstić information content (AvgIpc) is 2.63. The van der Waals surface area contributed by atoms with Gasteiger partial charge in [0.1, 0.15) is 0 Å². The molecule has 1 aliphatic rings. The number of nitrogens with zero attached hydrogens (tertiary/aromatic N) is 2. The molecule has 2 amide bonds. The predicted octanol–water partition coefficient (Wildman–Crippen LogP) is 3.66. The van der Waals surface area contributed by atoms with Gasteiger partial charge in [0, 0.05) is 17.7 Å². The molecule has 1 aliphatic heterocycles. The first-order chi connectivity index (χ1) is 10.7. The Morgan fingerprint density at radius 3 is 2.45 bits per heavy atom. The Morgan fingerprint density at radius 1 is 1.00 bits per heavy atom. The number of benzene rings is 2. The van der Waals surface area contributed by atoms with Crippen molar-refractivity contribution in [3.63, 3.8) is 0 Å². The molecule has 114 valence electrons. The van der Waals surface area contributed by atoms with Gasteiger partial charge >= 0.3 is 6.03 Å². The van der Waals surface area contributed by atoms with Crippen molar-refractivity contribution in [3.8, 4) is 11.1 Å². The van der Waals surface area contributed by atoms with E-state index in [-0.39, 0.29) is 6.03 Å². The van der Waals surface area contributed by atoms with E-state index in [0.29, 0.717) is 6.54 Å². The minimum Gasteiger partial charge on any atom is -0.309 e. The SMILES string of the molecule is CN(C)CCCN1C(=O)Nc2ccccc2-c2ccccc21. The zero-order valence-electron chi connectivity index (χ0n) is 13.0. The van der Waals surface area contributed by atoms with Crippen LogP contribution >= 0.6 is 0 Å². The molecule has 2 aromatic carbocycles. The van der Waals surface area contributed by atoms with Gasteiger partial charge in [0.05, 0.1) is 11.4 Å². The van der Waals surface area contributed by atoms with Crippen LogP contribution in [0.2, 0.25) is 0 Å². The molecule has 2 aromatic rings. The molecule has 0 unspecified atom stereocenters. The van der Waals surface area contributed by atoms with Crippen LogP contribution in [0, 0.1) is 0 Å². The van der Waals surface area contributed by atoms with Gasteiger partial charge in [0.25, 0.3) is 0 Å². The van der Waals surface area contributed by atoms with Gasteiger partial charge in [0.2, 0.25) is 0 Å². The van der Waals surface area contributed by atoms with Crippen LogP contribution in [0.15, 0.2) is 48.5 Å². The molecule has 0 bridgehead atoms. The standard InChI is InChI=1S/C18H21N3O/c1-20(2)12-7-13-21-17-11-6-4-9-15(17)14-8-3-5-10-16(14)19-18(21)22/h3-6,8-11H,7,12-13H2,1-2H3,(H,19,22). The molecule has 3 rings (SSSR count). The van der Waals surface area contributed by atoms with E-state index in [1.807, 2.05) is 55.4 Å². The Kier molecular flexibility index (Phi) is 4.11. The number of hydrogen-bond acceptors (Lipinski definition) is 2. The van der Waals surface area contributed by atoms with Crippen molar-refractivity contribution in [2.45, 2.75) is 6.42 Å². The van der Waals surface area contributed by atoms with E-state index in [4.69, 9.17) is 0 Å². The van der Waals surface area contributed by atoms with Crippen molar-refractivity contribution in [1.82, 2.24) is 4.90 Å². The third kappa shape index (κ3) is 2.83. The second kappa shape index (κ2) is 6.20.